The number of carbonyl (C=O) groups excluding carboxylic acids is 2. The summed E-state index contributed by atoms with van der Waals surface area (Å²) in [6.07, 6.45) is 7.15. The van der Waals surface area contributed by atoms with Crippen molar-refractivity contribution < 1.29 is 68.2 Å². The van der Waals surface area contributed by atoms with Crippen LogP contribution in [0.15, 0.2) is 85.5 Å². The molecule has 38 heavy (non-hydrogen) atoms. The number of aryl methyl sites for hydroxylation is 2. The monoisotopic (exact) mass is 629 g/mol. The number of aromatic nitrogens is 4. The first-order chi connectivity index (χ1) is 17.4. The molecular weight excluding hydrogens is 609 g/mol. The van der Waals surface area contributed by atoms with Crippen LogP contribution in [0.25, 0.3) is 11.4 Å². The number of nitrogens with zero attached hydrogens (tertiary/aromatic N) is 4. The molecule has 0 N–H and O–H groups in total. The van der Waals surface area contributed by atoms with Crippen LogP contribution in [0.4, 0.5) is 0 Å². The second-order valence-electron chi connectivity index (χ2n) is 6.82. The smallest absolute Gasteiger partial charge is 0.543 e. The molecule has 0 aliphatic rings. The molecule has 4 rings (SSSR count). The Hall–Kier alpha value is -3.71. The third-order valence-electron chi connectivity index (χ3n) is 3.87. The summed E-state index contributed by atoms with van der Waals surface area (Å²) in [5.74, 6) is -2.82. The maximum atomic E-state index is 10.7. The number of rotatable bonds is 3. The van der Waals surface area contributed by atoms with E-state index in [1.54, 1.807) is 24.8 Å². The van der Waals surface area contributed by atoms with Gasteiger partial charge in [0, 0.05) is 24.8 Å². The Morgan fingerprint density at radius 1 is 0.605 bits per heavy atom. The summed E-state index contributed by atoms with van der Waals surface area (Å²) in [5, 5.41) is 21.3. The van der Waals surface area contributed by atoms with Crippen LogP contribution in [0, 0.1) is 24.1 Å². The third kappa shape index (κ3) is 16.1. The van der Waals surface area contributed by atoms with Gasteiger partial charge in [-0.2, -0.15) is 0 Å². The third-order valence-corrected chi connectivity index (χ3v) is 3.87. The first-order valence-electron chi connectivity index (χ1n) is 10.1. The molecule has 0 saturated carbocycles. The molecule has 14 heteroatoms. The van der Waals surface area contributed by atoms with Crippen LogP contribution in [0.3, 0.4) is 0 Å². The van der Waals surface area contributed by atoms with E-state index in [1.807, 2.05) is 38.1 Å². The topological polar surface area (TPSA) is 224 Å². The average molecular weight is 629 g/mol. The SMILES string of the molecule is Cc1ccncc1.Cc1ccncc1.O=C([O-])c1cccc(-c2cccc(C(=O)[O-])n2)n1.[O-][Cl+3]([O-])([O-])[O-].[Ru+3]. The van der Waals surface area contributed by atoms with Gasteiger partial charge in [0.05, 0.1) is 34.7 Å². The van der Waals surface area contributed by atoms with E-state index in [2.05, 4.69) is 19.9 Å². The van der Waals surface area contributed by atoms with Crippen molar-refractivity contribution in [3.05, 3.63) is 108 Å². The number of carbonyl (C=O) groups is 2. The minimum Gasteiger partial charge on any atom is -0.543 e. The van der Waals surface area contributed by atoms with E-state index in [4.69, 9.17) is 18.6 Å². The van der Waals surface area contributed by atoms with Gasteiger partial charge in [-0.05, 0) is 73.5 Å². The van der Waals surface area contributed by atoms with Crippen LogP contribution < -0.4 is 28.8 Å². The maximum absolute atomic E-state index is 10.7. The molecule has 0 aromatic carbocycles. The van der Waals surface area contributed by atoms with Crippen molar-refractivity contribution in [3.8, 4) is 11.4 Å². The molecular formula is C24H20ClN4O8Ru. The van der Waals surface area contributed by atoms with E-state index in [9.17, 15) is 19.8 Å². The van der Waals surface area contributed by atoms with Gasteiger partial charge in [0.25, 0.3) is 0 Å². The number of hydrogen-bond acceptors (Lipinski definition) is 12. The number of pyridine rings is 4. The van der Waals surface area contributed by atoms with Gasteiger partial charge in [-0.1, -0.05) is 12.1 Å². The van der Waals surface area contributed by atoms with Crippen LogP contribution in [-0.2, 0) is 19.5 Å². The summed E-state index contributed by atoms with van der Waals surface area (Å²) in [6.45, 7) is 4.09. The van der Waals surface area contributed by atoms with E-state index in [-0.39, 0.29) is 42.3 Å². The van der Waals surface area contributed by atoms with Crippen molar-refractivity contribution in [3.63, 3.8) is 0 Å². The molecule has 199 valence electrons. The van der Waals surface area contributed by atoms with Crippen molar-refractivity contribution in [2.24, 2.45) is 0 Å². The van der Waals surface area contributed by atoms with E-state index >= 15 is 0 Å². The minimum absolute atomic E-state index is 0. The van der Waals surface area contributed by atoms with Crippen molar-refractivity contribution in [2.45, 2.75) is 13.8 Å². The van der Waals surface area contributed by atoms with E-state index in [0.29, 0.717) is 0 Å². The molecule has 0 unspecified atom stereocenters. The number of halogens is 1. The Bertz CT molecular complexity index is 1160. The van der Waals surface area contributed by atoms with Gasteiger partial charge in [-0.3, -0.25) is 9.97 Å². The van der Waals surface area contributed by atoms with E-state index in [0.717, 1.165) is 0 Å². The molecule has 12 nitrogen and oxygen atoms in total. The summed E-state index contributed by atoms with van der Waals surface area (Å²) in [4.78, 5) is 36.6. The normalized spacial score (nSPS) is 9.53. The summed E-state index contributed by atoms with van der Waals surface area (Å²) < 4.78 is 34.0. The molecule has 0 bridgehead atoms. The summed E-state index contributed by atoms with van der Waals surface area (Å²) >= 11 is 0. The predicted octanol–water partition coefficient (Wildman–Crippen LogP) is -3.11. The number of carboxylic acids is 2. The van der Waals surface area contributed by atoms with Crippen molar-refractivity contribution in [2.75, 3.05) is 0 Å². The van der Waals surface area contributed by atoms with Crippen LogP contribution in [0.5, 0.6) is 0 Å². The molecule has 1 radical (unpaired) electrons. The van der Waals surface area contributed by atoms with Gasteiger partial charge in [-0.15, -0.1) is 10.2 Å². The van der Waals surface area contributed by atoms with Crippen LogP contribution in [0.2, 0.25) is 0 Å². The Morgan fingerprint density at radius 3 is 1.11 bits per heavy atom. The zero-order valence-corrected chi connectivity index (χ0v) is 22.4. The number of carboxylic acid groups (broad SMARTS) is 2. The fraction of sp³-hybridized carbons (Fsp3) is 0.0833. The molecule has 0 fully saturated rings. The largest absolute Gasteiger partial charge is 3.00 e. The first kappa shape index (κ1) is 34.3. The van der Waals surface area contributed by atoms with Crippen LogP contribution >= 0.6 is 0 Å². The molecule has 0 aliphatic carbocycles. The molecule has 0 saturated heterocycles. The fourth-order valence-corrected chi connectivity index (χ4v) is 2.23. The summed E-state index contributed by atoms with van der Waals surface area (Å²) in [5.41, 5.74) is 2.53. The van der Waals surface area contributed by atoms with Crippen molar-refractivity contribution in [1.29, 1.82) is 0 Å². The number of hydrogen-bond donors (Lipinski definition) is 0. The molecule has 0 amide bonds. The van der Waals surface area contributed by atoms with Gasteiger partial charge in [0.1, 0.15) is 0 Å². The molecule has 4 heterocycles. The summed E-state index contributed by atoms with van der Waals surface area (Å²) in [7, 11) is -4.94. The second-order valence-corrected chi connectivity index (χ2v) is 7.57. The van der Waals surface area contributed by atoms with E-state index < -0.39 is 22.2 Å². The zero-order chi connectivity index (χ0) is 27.8. The van der Waals surface area contributed by atoms with Crippen LogP contribution in [0.1, 0.15) is 32.1 Å². The molecule has 0 spiro atoms. The van der Waals surface area contributed by atoms with Gasteiger partial charge in [0.15, 0.2) is 0 Å². The molecule has 0 aliphatic heterocycles. The standard InChI is InChI=1S/C12H8N2O4.2C6H7N.ClHO4.Ru/c15-11(16)9-5-1-3-7(13-9)8-4-2-6-10(14-8)12(17)18;2*1-6-2-4-7-5-3-6;2-1(3,4)5;/h1-6H,(H,15,16)(H,17,18);2*2-5H,1H3;(H,2,3,4,5);/q;;;;+3/p-3. The van der Waals surface area contributed by atoms with Gasteiger partial charge in [-0.25, -0.2) is 28.6 Å². The van der Waals surface area contributed by atoms with Gasteiger partial charge < -0.3 is 19.8 Å². The second kappa shape index (κ2) is 17.7. The molecule has 4 aromatic heterocycles. The quantitative estimate of drug-likeness (QED) is 0.206. The van der Waals surface area contributed by atoms with Crippen LogP contribution in [-0.4, -0.2) is 31.9 Å². The van der Waals surface area contributed by atoms with E-state index in [1.165, 1.54) is 47.5 Å². The summed E-state index contributed by atoms with van der Waals surface area (Å²) in [6, 6.07) is 16.4. The first-order valence-corrected chi connectivity index (χ1v) is 11.3. The van der Waals surface area contributed by atoms with Gasteiger partial charge >= 0.3 is 19.5 Å². The fourth-order valence-electron chi connectivity index (χ4n) is 2.23. The predicted molar refractivity (Wildman–Crippen MR) is 114 cm³/mol. The number of aromatic carboxylic acids is 2. The Morgan fingerprint density at radius 2 is 0.895 bits per heavy atom. The zero-order valence-electron chi connectivity index (χ0n) is 19.9. The average Bonchev–Trinajstić information content (AvgIpc) is 2.85. The maximum Gasteiger partial charge on any atom is 3.00 e. The molecule has 4 aromatic rings. The van der Waals surface area contributed by atoms with Crippen molar-refractivity contribution in [1.82, 2.24) is 19.9 Å². The minimum atomic E-state index is -4.94. The Balaban J connectivity index is 0.000000563. The van der Waals surface area contributed by atoms with Crippen molar-refractivity contribution >= 4 is 11.9 Å². The van der Waals surface area contributed by atoms with Gasteiger partial charge in [0.2, 0.25) is 0 Å². The Kier molecular flexibility index (Phi) is 16.0. The molecule has 0 atom stereocenters. The Labute approximate surface area is 232 Å².